The van der Waals surface area contributed by atoms with Crippen molar-refractivity contribution in [2.24, 2.45) is 0 Å². The second-order valence-corrected chi connectivity index (χ2v) is 23.5. The summed E-state index contributed by atoms with van der Waals surface area (Å²) in [5.41, 5.74) is 0. The van der Waals surface area contributed by atoms with Crippen molar-refractivity contribution in [3.63, 3.8) is 0 Å². The van der Waals surface area contributed by atoms with Gasteiger partial charge in [-0.25, -0.2) is 0 Å². The van der Waals surface area contributed by atoms with Gasteiger partial charge in [-0.05, 0) is 38.5 Å². The molecule has 0 spiro atoms. The fourth-order valence-electron chi connectivity index (χ4n) is 9.07. The standard InChI is InChI=1S/C60H118NO8P/c1-6-8-10-12-14-16-18-20-22-24-26-28-29-30-31-33-35-37-39-41-43-45-47-49-51-53-60(63)69-58(57-68-70(64,65)67-55-54-61(3,4)5)56-66-59(62)52-50-48-46-44-42-40-38-36-34-32-27-25-23-21-19-17-15-13-11-9-7-2/h24,26,58H,6-23,25,27-57H2,1-5H3/b26-24-. The van der Waals surface area contributed by atoms with Gasteiger partial charge in [0.15, 0.2) is 6.10 Å². The summed E-state index contributed by atoms with van der Waals surface area (Å²) in [6.07, 6.45) is 61.2. The Labute approximate surface area is 435 Å². The average molecular weight is 1010 g/mol. The molecule has 0 heterocycles. The first-order valence-corrected chi connectivity index (χ1v) is 31.9. The van der Waals surface area contributed by atoms with Crippen LogP contribution in [0.1, 0.15) is 309 Å². The molecule has 0 saturated heterocycles. The molecule has 0 aliphatic carbocycles. The number of ether oxygens (including phenoxy) is 2. The van der Waals surface area contributed by atoms with Crippen LogP contribution in [0.4, 0.5) is 0 Å². The number of phosphoric ester groups is 1. The smallest absolute Gasteiger partial charge is 0.306 e. The number of allylic oxidation sites excluding steroid dienone is 2. The Bertz CT molecular complexity index is 1190. The van der Waals surface area contributed by atoms with Crippen molar-refractivity contribution in [3.05, 3.63) is 12.2 Å². The lowest BCUT2D eigenvalue weighted by atomic mass is 10.0. The summed E-state index contributed by atoms with van der Waals surface area (Å²) in [4.78, 5) is 37.9. The van der Waals surface area contributed by atoms with Crippen LogP contribution < -0.4 is 4.89 Å². The second-order valence-electron chi connectivity index (χ2n) is 22.1. The van der Waals surface area contributed by atoms with Crippen LogP contribution in [0.2, 0.25) is 0 Å². The topological polar surface area (TPSA) is 111 Å². The van der Waals surface area contributed by atoms with Gasteiger partial charge < -0.3 is 27.9 Å². The van der Waals surface area contributed by atoms with Gasteiger partial charge in [0.25, 0.3) is 7.82 Å². The van der Waals surface area contributed by atoms with Gasteiger partial charge in [0.2, 0.25) is 0 Å². The van der Waals surface area contributed by atoms with Crippen LogP contribution in [-0.4, -0.2) is 70.0 Å². The van der Waals surface area contributed by atoms with Gasteiger partial charge in [0.1, 0.15) is 19.8 Å². The van der Waals surface area contributed by atoms with E-state index in [1.54, 1.807) is 0 Å². The lowest BCUT2D eigenvalue weighted by molar-refractivity contribution is -0.870. The fraction of sp³-hybridized carbons (Fsp3) is 0.933. The summed E-state index contributed by atoms with van der Waals surface area (Å²) >= 11 is 0. The fourth-order valence-corrected chi connectivity index (χ4v) is 9.80. The zero-order valence-corrected chi connectivity index (χ0v) is 48.1. The van der Waals surface area contributed by atoms with E-state index >= 15 is 0 Å². The van der Waals surface area contributed by atoms with Crippen LogP contribution in [0, 0.1) is 0 Å². The molecule has 0 aromatic heterocycles. The first kappa shape index (κ1) is 68.8. The number of hydrogen-bond donors (Lipinski definition) is 0. The molecule has 9 nitrogen and oxygen atoms in total. The molecular formula is C60H118NO8P. The molecule has 0 radical (unpaired) electrons. The number of unbranched alkanes of at least 4 members (excludes halogenated alkanes) is 41. The molecule has 0 rings (SSSR count). The summed E-state index contributed by atoms with van der Waals surface area (Å²) < 4.78 is 34.2. The molecule has 2 unspecified atom stereocenters. The van der Waals surface area contributed by atoms with E-state index in [9.17, 15) is 19.0 Å². The monoisotopic (exact) mass is 1010 g/mol. The van der Waals surface area contributed by atoms with Crippen LogP contribution in [-0.2, 0) is 32.7 Å². The van der Waals surface area contributed by atoms with Crippen LogP contribution in [0.5, 0.6) is 0 Å². The maximum atomic E-state index is 12.8. The van der Waals surface area contributed by atoms with Crippen molar-refractivity contribution in [1.82, 2.24) is 0 Å². The van der Waals surface area contributed by atoms with E-state index in [0.29, 0.717) is 17.4 Å². The van der Waals surface area contributed by atoms with Crippen molar-refractivity contribution >= 4 is 19.8 Å². The Morgan fingerprint density at radius 1 is 0.429 bits per heavy atom. The van der Waals surface area contributed by atoms with Crippen LogP contribution in [0.15, 0.2) is 12.2 Å². The van der Waals surface area contributed by atoms with Crippen molar-refractivity contribution in [3.8, 4) is 0 Å². The lowest BCUT2D eigenvalue weighted by Crippen LogP contribution is -2.37. The number of esters is 2. The first-order chi connectivity index (χ1) is 34.0. The number of phosphoric acid groups is 1. The first-order valence-electron chi connectivity index (χ1n) is 30.4. The van der Waals surface area contributed by atoms with Crippen LogP contribution in [0.3, 0.4) is 0 Å². The molecule has 10 heteroatoms. The quantitative estimate of drug-likeness (QED) is 0.0195. The van der Waals surface area contributed by atoms with Gasteiger partial charge in [0.05, 0.1) is 27.7 Å². The molecule has 0 fully saturated rings. The molecule has 0 amide bonds. The molecular weight excluding hydrogens is 894 g/mol. The SMILES string of the molecule is CCCCCCCCCC/C=C\CCCCCCCCCCCCCCCC(=O)OC(COC(=O)CCCCCCCCCCCCCCCCCCCCCCC)COP(=O)([O-])OCC[N+](C)(C)C. The van der Waals surface area contributed by atoms with Crippen molar-refractivity contribution < 1.29 is 42.1 Å². The summed E-state index contributed by atoms with van der Waals surface area (Å²) in [6.45, 7) is 4.31. The minimum absolute atomic E-state index is 0.0267. The summed E-state index contributed by atoms with van der Waals surface area (Å²) in [6, 6.07) is 0. The van der Waals surface area contributed by atoms with E-state index in [1.807, 2.05) is 21.1 Å². The van der Waals surface area contributed by atoms with Crippen molar-refractivity contribution in [2.45, 2.75) is 315 Å². The Balaban J connectivity index is 4.09. The summed E-state index contributed by atoms with van der Waals surface area (Å²) in [5.74, 6) is -0.812. The third kappa shape index (κ3) is 56.1. The number of nitrogens with zero attached hydrogens (tertiary/aromatic N) is 1. The predicted octanol–water partition coefficient (Wildman–Crippen LogP) is 18.2. The third-order valence-corrected chi connectivity index (χ3v) is 14.7. The lowest BCUT2D eigenvalue weighted by Gasteiger charge is -2.28. The predicted molar refractivity (Wildman–Crippen MR) is 296 cm³/mol. The Hall–Kier alpha value is -1.25. The minimum Gasteiger partial charge on any atom is -0.756 e. The Kier molecular flexibility index (Phi) is 51.7. The molecule has 0 bridgehead atoms. The molecule has 0 N–H and O–H groups in total. The molecule has 0 aliphatic rings. The largest absolute Gasteiger partial charge is 0.756 e. The normalized spacial score (nSPS) is 13.3. The van der Waals surface area contributed by atoms with E-state index in [-0.39, 0.29) is 32.0 Å². The number of carbonyl (C=O) groups is 2. The molecule has 0 aromatic rings. The zero-order valence-electron chi connectivity index (χ0n) is 47.2. The maximum Gasteiger partial charge on any atom is 0.306 e. The van der Waals surface area contributed by atoms with Gasteiger partial charge in [-0.3, -0.25) is 14.2 Å². The number of quaternary nitrogens is 1. The summed E-state index contributed by atoms with van der Waals surface area (Å²) in [5, 5.41) is 0. The van der Waals surface area contributed by atoms with Crippen molar-refractivity contribution in [1.29, 1.82) is 0 Å². The maximum absolute atomic E-state index is 12.8. The van der Waals surface area contributed by atoms with Crippen LogP contribution in [0.25, 0.3) is 0 Å². The number of likely N-dealkylation sites (N-methyl/N-ethyl adjacent to an activating group) is 1. The number of rotatable bonds is 57. The number of hydrogen-bond acceptors (Lipinski definition) is 8. The van der Waals surface area contributed by atoms with Gasteiger partial charge in [0, 0.05) is 12.8 Å². The minimum atomic E-state index is -4.63. The molecule has 70 heavy (non-hydrogen) atoms. The van der Waals surface area contributed by atoms with E-state index in [4.69, 9.17) is 18.5 Å². The van der Waals surface area contributed by atoms with Gasteiger partial charge in [-0.1, -0.05) is 270 Å². The molecule has 0 saturated carbocycles. The highest BCUT2D eigenvalue weighted by Crippen LogP contribution is 2.38. The van der Waals surface area contributed by atoms with Crippen LogP contribution >= 0.6 is 7.82 Å². The third-order valence-electron chi connectivity index (χ3n) is 13.8. The van der Waals surface area contributed by atoms with Gasteiger partial charge in [-0.2, -0.15) is 0 Å². The Morgan fingerprint density at radius 3 is 1.06 bits per heavy atom. The molecule has 416 valence electrons. The van der Waals surface area contributed by atoms with Gasteiger partial charge in [-0.15, -0.1) is 0 Å². The molecule has 0 aromatic carbocycles. The Morgan fingerprint density at radius 2 is 0.729 bits per heavy atom. The van der Waals surface area contributed by atoms with E-state index in [1.165, 1.54) is 244 Å². The average Bonchev–Trinajstić information content (AvgIpc) is 3.32. The summed E-state index contributed by atoms with van der Waals surface area (Å²) in [7, 11) is 1.19. The van der Waals surface area contributed by atoms with E-state index < -0.39 is 26.5 Å². The van der Waals surface area contributed by atoms with Gasteiger partial charge >= 0.3 is 11.9 Å². The highest BCUT2D eigenvalue weighted by molar-refractivity contribution is 7.45. The highest BCUT2D eigenvalue weighted by Gasteiger charge is 2.22. The number of carbonyl (C=O) groups excluding carboxylic acids is 2. The van der Waals surface area contributed by atoms with Crippen molar-refractivity contribution in [2.75, 3.05) is 47.5 Å². The van der Waals surface area contributed by atoms with E-state index in [0.717, 1.165) is 32.1 Å². The molecule has 2 atom stereocenters. The second kappa shape index (κ2) is 52.6. The van der Waals surface area contributed by atoms with E-state index in [2.05, 4.69) is 26.0 Å². The zero-order chi connectivity index (χ0) is 51.3. The highest BCUT2D eigenvalue weighted by atomic mass is 31.2. The molecule has 0 aliphatic heterocycles.